The maximum absolute atomic E-state index is 11.8. The maximum Gasteiger partial charge on any atom is 0.265 e. The first-order valence-electron chi connectivity index (χ1n) is 5.09. The summed E-state index contributed by atoms with van der Waals surface area (Å²) in [6.07, 6.45) is 0. The van der Waals surface area contributed by atoms with Crippen molar-refractivity contribution in [1.29, 1.82) is 0 Å². The number of halogens is 2. The molecule has 1 heterocycles. The van der Waals surface area contributed by atoms with Crippen molar-refractivity contribution in [3.05, 3.63) is 50.9 Å². The Hall–Kier alpha value is -0.940. The molecule has 1 unspecified atom stereocenters. The van der Waals surface area contributed by atoms with Crippen LogP contribution in [0.3, 0.4) is 0 Å². The number of rotatable bonds is 2. The molecule has 0 aliphatic rings. The van der Waals surface area contributed by atoms with Crippen molar-refractivity contribution in [3.8, 4) is 11.4 Å². The van der Waals surface area contributed by atoms with Gasteiger partial charge < -0.3 is 4.98 Å². The molecule has 0 bridgehead atoms. The van der Waals surface area contributed by atoms with Crippen LogP contribution in [0.15, 0.2) is 39.6 Å². The van der Waals surface area contributed by atoms with Crippen molar-refractivity contribution in [1.82, 2.24) is 9.97 Å². The average Bonchev–Trinajstić information content (AvgIpc) is 2.33. The smallest absolute Gasteiger partial charge is 0.265 e. The van der Waals surface area contributed by atoms with Crippen LogP contribution in [0.5, 0.6) is 0 Å². The first-order chi connectivity index (χ1) is 8.09. The van der Waals surface area contributed by atoms with E-state index in [4.69, 9.17) is 0 Å². The van der Waals surface area contributed by atoms with Gasteiger partial charge >= 0.3 is 0 Å². The standard InChI is InChI=1S/C12H10Br2N2O/c1-7(13)10-9(14)12(17)16-11(15-10)8-5-3-2-4-6-8/h2-7H,1H3,(H,15,16,17). The van der Waals surface area contributed by atoms with Gasteiger partial charge in [0.15, 0.2) is 0 Å². The fourth-order valence-corrected chi connectivity index (χ4v) is 2.64. The largest absolute Gasteiger partial charge is 0.306 e. The van der Waals surface area contributed by atoms with Crippen LogP contribution in [0.2, 0.25) is 0 Å². The van der Waals surface area contributed by atoms with Gasteiger partial charge in [-0.25, -0.2) is 4.98 Å². The number of hydrogen-bond donors (Lipinski definition) is 1. The minimum Gasteiger partial charge on any atom is -0.306 e. The third-order valence-electron chi connectivity index (χ3n) is 2.31. The molecule has 17 heavy (non-hydrogen) atoms. The Kier molecular flexibility index (Phi) is 3.79. The SMILES string of the molecule is CC(Br)c1nc(-c2ccccc2)[nH]c(=O)c1Br. The van der Waals surface area contributed by atoms with E-state index in [-0.39, 0.29) is 10.4 Å². The Morgan fingerprint density at radius 1 is 1.29 bits per heavy atom. The van der Waals surface area contributed by atoms with Crippen LogP contribution in [0.25, 0.3) is 11.4 Å². The molecular weight excluding hydrogens is 348 g/mol. The van der Waals surface area contributed by atoms with Gasteiger partial charge in [0.25, 0.3) is 5.56 Å². The normalized spacial score (nSPS) is 12.4. The molecule has 1 N–H and O–H groups in total. The van der Waals surface area contributed by atoms with Gasteiger partial charge in [-0.2, -0.15) is 0 Å². The summed E-state index contributed by atoms with van der Waals surface area (Å²) < 4.78 is 0.474. The molecule has 1 atom stereocenters. The quantitative estimate of drug-likeness (QED) is 0.833. The lowest BCUT2D eigenvalue weighted by atomic mass is 10.2. The summed E-state index contributed by atoms with van der Waals surface area (Å²) in [7, 11) is 0. The lowest BCUT2D eigenvalue weighted by Gasteiger charge is -2.08. The summed E-state index contributed by atoms with van der Waals surface area (Å²) >= 11 is 6.68. The number of aromatic nitrogens is 2. The molecule has 0 saturated heterocycles. The number of hydrogen-bond acceptors (Lipinski definition) is 2. The minimum atomic E-state index is -0.167. The monoisotopic (exact) mass is 356 g/mol. The second-order valence-electron chi connectivity index (χ2n) is 3.60. The summed E-state index contributed by atoms with van der Waals surface area (Å²) in [5.74, 6) is 0.583. The number of nitrogens with one attached hydrogen (secondary N) is 1. The Bertz CT molecular complexity index is 579. The molecule has 0 spiro atoms. The van der Waals surface area contributed by atoms with Gasteiger partial charge in [-0.05, 0) is 22.9 Å². The molecule has 0 radical (unpaired) electrons. The number of alkyl halides is 1. The van der Waals surface area contributed by atoms with E-state index in [0.29, 0.717) is 16.0 Å². The van der Waals surface area contributed by atoms with Crippen LogP contribution in [0.1, 0.15) is 17.4 Å². The molecule has 0 fully saturated rings. The topological polar surface area (TPSA) is 45.8 Å². The van der Waals surface area contributed by atoms with Crippen molar-refractivity contribution in [2.75, 3.05) is 0 Å². The number of aromatic amines is 1. The molecule has 0 amide bonds. The highest BCUT2D eigenvalue weighted by molar-refractivity contribution is 9.11. The van der Waals surface area contributed by atoms with E-state index in [0.717, 1.165) is 5.56 Å². The zero-order valence-electron chi connectivity index (χ0n) is 9.08. The molecule has 0 aliphatic carbocycles. The molecule has 2 aromatic rings. The molecule has 3 nitrogen and oxygen atoms in total. The predicted octanol–water partition coefficient (Wildman–Crippen LogP) is 3.66. The second-order valence-corrected chi connectivity index (χ2v) is 5.76. The third-order valence-corrected chi connectivity index (χ3v) is 3.51. The van der Waals surface area contributed by atoms with Crippen molar-refractivity contribution >= 4 is 31.9 Å². The Balaban J connectivity index is 2.62. The fourth-order valence-electron chi connectivity index (χ4n) is 1.47. The van der Waals surface area contributed by atoms with Crippen molar-refractivity contribution in [2.24, 2.45) is 0 Å². The minimum absolute atomic E-state index is 0.0154. The van der Waals surface area contributed by atoms with Gasteiger partial charge in [0.05, 0.1) is 10.5 Å². The lowest BCUT2D eigenvalue weighted by molar-refractivity contribution is 0.963. The Morgan fingerprint density at radius 3 is 2.53 bits per heavy atom. The van der Waals surface area contributed by atoms with Crippen molar-refractivity contribution in [3.63, 3.8) is 0 Å². The highest BCUT2D eigenvalue weighted by Gasteiger charge is 2.13. The van der Waals surface area contributed by atoms with Crippen LogP contribution < -0.4 is 5.56 Å². The molecule has 1 aromatic carbocycles. The fraction of sp³-hybridized carbons (Fsp3) is 0.167. The third kappa shape index (κ3) is 2.66. The van der Waals surface area contributed by atoms with Crippen LogP contribution in [0, 0.1) is 0 Å². The summed E-state index contributed by atoms with van der Waals surface area (Å²) in [5, 5.41) is 0. The first-order valence-corrected chi connectivity index (χ1v) is 6.79. The van der Waals surface area contributed by atoms with Crippen LogP contribution in [-0.4, -0.2) is 9.97 Å². The van der Waals surface area contributed by atoms with Gasteiger partial charge in [0, 0.05) is 5.56 Å². The molecule has 2 rings (SSSR count). The van der Waals surface area contributed by atoms with E-state index in [1.54, 1.807) is 0 Å². The first kappa shape index (κ1) is 12.5. The summed E-state index contributed by atoms with van der Waals surface area (Å²) in [5.41, 5.74) is 1.43. The van der Waals surface area contributed by atoms with Gasteiger partial charge in [-0.1, -0.05) is 46.3 Å². The average molecular weight is 358 g/mol. The van der Waals surface area contributed by atoms with Crippen LogP contribution >= 0.6 is 31.9 Å². The zero-order chi connectivity index (χ0) is 12.4. The van der Waals surface area contributed by atoms with Gasteiger partial charge in [-0.15, -0.1) is 0 Å². The van der Waals surface area contributed by atoms with E-state index in [1.807, 2.05) is 37.3 Å². The van der Waals surface area contributed by atoms with Gasteiger partial charge in [0.2, 0.25) is 0 Å². The lowest BCUT2D eigenvalue weighted by Crippen LogP contribution is -2.13. The predicted molar refractivity (Wildman–Crippen MR) is 75.3 cm³/mol. The van der Waals surface area contributed by atoms with Gasteiger partial charge in [-0.3, -0.25) is 4.79 Å². The second kappa shape index (κ2) is 5.14. The molecule has 5 heteroatoms. The Morgan fingerprint density at radius 2 is 1.94 bits per heavy atom. The highest BCUT2D eigenvalue weighted by atomic mass is 79.9. The number of nitrogens with zero attached hydrogens (tertiary/aromatic N) is 1. The summed E-state index contributed by atoms with van der Waals surface area (Å²) in [6, 6.07) is 9.57. The van der Waals surface area contributed by atoms with Crippen molar-refractivity contribution in [2.45, 2.75) is 11.8 Å². The van der Waals surface area contributed by atoms with Crippen molar-refractivity contribution < 1.29 is 0 Å². The van der Waals surface area contributed by atoms with E-state index in [9.17, 15) is 4.79 Å². The molecule has 1 aromatic heterocycles. The summed E-state index contributed by atoms with van der Waals surface area (Å²) in [4.78, 5) is 19.0. The van der Waals surface area contributed by atoms with E-state index >= 15 is 0 Å². The van der Waals surface area contributed by atoms with Crippen LogP contribution in [-0.2, 0) is 0 Å². The molecule has 0 aliphatic heterocycles. The zero-order valence-corrected chi connectivity index (χ0v) is 12.2. The molecule has 0 saturated carbocycles. The molecule has 88 valence electrons. The van der Waals surface area contributed by atoms with Crippen LogP contribution in [0.4, 0.5) is 0 Å². The van der Waals surface area contributed by atoms with E-state index < -0.39 is 0 Å². The summed E-state index contributed by atoms with van der Waals surface area (Å²) in [6.45, 7) is 1.93. The Labute approximate surface area is 116 Å². The highest BCUT2D eigenvalue weighted by Crippen LogP contribution is 2.26. The van der Waals surface area contributed by atoms with E-state index in [2.05, 4.69) is 41.8 Å². The van der Waals surface area contributed by atoms with E-state index in [1.165, 1.54) is 0 Å². The number of benzene rings is 1. The molecular formula is C12H10Br2N2O. The number of H-pyrrole nitrogens is 1. The maximum atomic E-state index is 11.8. The van der Waals surface area contributed by atoms with Gasteiger partial charge in [0.1, 0.15) is 10.3 Å².